The van der Waals surface area contributed by atoms with Crippen molar-refractivity contribution in [3.05, 3.63) is 10.5 Å². The largest absolute Gasteiger partial charge is 0.382 e. The predicted molar refractivity (Wildman–Crippen MR) is 52.0 cm³/mol. The Hall–Kier alpha value is -1.90. The van der Waals surface area contributed by atoms with E-state index in [0.29, 0.717) is 0 Å². The summed E-state index contributed by atoms with van der Waals surface area (Å²) in [5.74, 6) is -0.0845. The molecule has 0 amide bonds. The van der Waals surface area contributed by atoms with E-state index >= 15 is 0 Å². The first-order chi connectivity index (χ1) is 6.88. The number of nitrogen functional groups attached to an aromatic ring is 1. The van der Waals surface area contributed by atoms with Gasteiger partial charge < -0.3 is 10.7 Å². The van der Waals surface area contributed by atoms with Crippen LogP contribution in [-0.4, -0.2) is 34.6 Å². The highest BCUT2D eigenvalue weighted by Crippen LogP contribution is 2.13. The van der Waals surface area contributed by atoms with Crippen molar-refractivity contribution in [3.8, 4) is 0 Å². The maximum atomic E-state index is 11.2. The number of sulfone groups is 1. The number of hydrogen-bond acceptors (Lipinski definition) is 6. The van der Waals surface area contributed by atoms with Crippen LogP contribution in [0.25, 0.3) is 11.2 Å². The summed E-state index contributed by atoms with van der Waals surface area (Å²) in [7, 11) is -3.55. The Kier molecular flexibility index (Phi) is 1.80. The Bertz CT molecular complexity index is 682. The Morgan fingerprint density at radius 2 is 1.93 bits per heavy atom. The quantitative estimate of drug-likeness (QED) is 0.516. The normalized spacial score (nSPS) is 12.1. The number of anilines is 1. The smallest absolute Gasteiger partial charge is 0.325 e. The van der Waals surface area contributed by atoms with E-state index in [1.54, 1.807) is 0 Å². The number of nitrogens with two attached hydrogens (primary N) is 1. The highest BCUT2D eigenvalue weighted by Gasteiger charge is 2.15. The van der Waals surface area contributed by atoms with Crippen LogP contribution in [0.4, 0.5) is 5.82 Å². The summed E-state index contributed by atoms with van der Waals surface area (Å²) in [6.45, 7) is 0. The van der Waals surface area contributed by atoms with Gasteiger partial charge in [0.2, 0.25) is 9.84 Å². The molecule has 4 N–H and O–H groups in total. The van der Waals surface area contributed by atoms with Crippen molar-refractivity contribution >= 4 is 26.8 Å². The zero-order valence-electron chi connectivity index (χ0n) is 7.60. The maximum Gasteiger partial charge on any atom is 0.325 e. The van der Waals surface area contributed by atoms with Crippen molar-refractivity contribution in [2.75, 3.05) is 12.0 Å². The second kappa shape index (κ2) is 2.79. The number of nitrogens with one attached hydrogen (secondary N) is 2. The van der Waals surface area contributed by atoms with Crippen molar-refractivity contribution in [1.29, 1.82) is 0 Å². The van der Waals surface area contributed by atoms with Crippen LogP contribution < -0.4 is 11.4 Å². The van der Waals surface area contributed by atoms with Gasteiger partial charge in [-0.2, -0.15) is 9.97 Å². The lowest BCUT2D eigenvalue weighted by atomic mass is 10.5. The number of aromatic amines is 2. The molecule has 0 aliphatic heterocycles. The van der Waals surface area contributed by atoms with Crippen molar-refractivity contribution in [2.24, 2.45) is 0 Å². The molecule has 0 saturated carbocycles. The van der Waals surface area contributed by atoms with E-state index in [4.69, 9.17) is 5.73 Å². The van der Waals surface area contributed by atoms with Crippen LogP contribution in [0.1, 0.15) is 0 Å². The summed E-state index contributed by atoms with van der Waals surface area (Å²) in [4.78, 5) is 22.8. The van der Waals surface area contributed by atoms with E-state index in [0.717, 1.165) is 6.26 Å². The molecule has 0 radical (unpaired) electrons. The molecule has 2 heterocycles. The molecular formula is C6H7N5O3S. The molecule has 0 spiro atoms. The summed E-state index contributed by atoms with van der Waals surface area (Å²) in [6.07, 6.45) is 0.957. The number of H-pyrrole nitrogens is 2. The van der Waals surface area contributed by atoms with E-state index in [-0.39, 0.29) is 17.0 Å². The Morgan fingerprint density at radius 3 is 2.53 bits per heavy atom. The number of imidazole rings is 1. The molecule has 8 nitrogen and oxygen atoms in total. The van der Waals surface area contributed by atoms with Crippen LogP contribution in [0, 0.1) is 0 Å². The highest BCUT2D eigenvalue weighted by atomic mass is 32.2. The van der Waals surface area contributed by atoms with Gasteiger partial charge in [-0.15, -0.1) is 0 Å². The fourth-order valence-electron chi connectivity index (χ4n) is 1.09. The molecule has 9 heteroatoms. The van der Waals surface area contributed by atoms with Gasteiger partial charge in [0.25, 0.3) is 5.16 Å². The zero-order chi connectivity index (χ0) is 11.2. The Balaban J connectivity index is 2.89. The molecule has 0 bridgehead atoms. The first kappa shape index (κ1) is 9.65. The van der Waals surface area contributed by atoms with Crippen LogP contribution >= 0.6 is 0 Å². The van der Waals surface area contributed by atoms with Crippen molar-refractivity contribution < 1.29 is 8.42 Å². The average Bonchev–Trinajstić information content (AvgIpc) is 2.44. The molecule has 2 aromatic heterocycles. The standard InChI is InChI=1S/C6H7N5O3S/c1-15(13,14)6-9-3(7)2-4(11-6)10-5(12)8-2/h1H3,(H4,7,8,9,10,11,12). The molecule has 0 aliphatic carbocycles. The number of hydrogen-bond donors (Lipinski definition) is 3. The monoisotopic (exact) mass is 229 g/mol. The molecular weight excluding hydrogens is 222 g/mol. The lowest BCUT2D eigenvalue weighted by molar-refractivity contribution is 0.594. The van der Waals surface area contributed by atoms with Gasteiger partial charge in [-0.3, -0.25) is 4.98 Å². The van der Waals surface area contributed by atoms with E-state index < -0.39 is 20.7 Å². The van der Waals surface area contributed by atoms with Gasteiger partial charge in [-0.25, -0.2) is 13.2 Å². The lowest BCUT2D eigenvalue weighted by Crippen LogP contribution is -2.06. The molecule has 0 aromatic carbocycles. The molecule has 80 valence electrons. The second-order valence-corrected chi connectivity index (χ2v) is 4.88. The fraction of sp³-hybridized carbons (Fsp3) is 0.167. The molecule has 0 atom stereocenters. The van der Waals surface area contributed by atoms with Crippen LogP contribution in [0.15, 0.2) is 9.95 Å². The van der Waals surface area contributed by atoms with E-state index in [2.05, 4.69) is 19.9 Å². The van der Waals surface area contributed by atoms with Crippen LogP contribution in [0.3, 0.4) is 0 Å². The summed E-state index contributed by atoms with van der Waals surface area (Å²) < 4.78 is 22.3. The molecule has 0 unspecified atom stereocenters. The topological polar surface area (TPSA) is 135 Å². The molecule has 0 aliphatic rings. The Labute approximate surface area is 83.5 Å². The van der Waals surface area contributed by atoms with E-state index in [9.17, 15) is 13.2 Å². The molecule has 2 rings (SSSR count). The van der Waals surface area contributed by atoms with Gasteiger partial charge in [0.15, 0.2) is 11.5 Å². The first-order valence-electron chi connectivity index (χ1n) is 3.83. The van der Waals surface area contributed by atoms with Gasteiger partial charge in [0.05, 0.1) is 0 Å². The molecule has 2 aromatic rings. The third kappa shape index (κ3) is 1.56. The number of aromatic nitrogens is 4. The summed E-state index contributed by atoms with van der Waals surface area (Å²) in [5, 5.41) is -0.414. The van der Waals surface area contributed by atoms with Gasteiger partial charge in [-0.05, 0) is 0 Å². The third-order valence-electron chi connectivity index (χ3n) is 1.72. The van der Waals surface area contributed by atoms with E-state index in [1.165, 1.54) is 0 Å². The minimum atomic E-state index is -3.55. The zero-order valence-corrected chi connectivity index (χ0v) is 8.42. The van der Waals surface area contributed by atoms with Crippen molar-refractivity contribution in [1.82, 2.24) is 19.9 Å². The minimum Gasteiger partial charge on any atom is -0.382 e. The maximum absolute atomic E-state index is 11.2. The summed E-state index contributed by atoms with van der Waals surface area (Å²) in [5.41, 5.74) is 5.22. The SMILES string of the molecule is CS(=O)(=O)c1nc(N)c2[nH]c(=O)[nH]c2n1. The third-order valence-corrected chi connectivity index (χ3v) is 2.56. The number of rotatable bonds is 1. The first-order valence-corrected chi connectivity index (χ1v) is 5.72. The van der Waals surface area contributed by atoms with Gasteiger partial charge in [0, 0.05) is 6.26 Å². The van der Waals surface area contributed by atoms with Gasteiger partial charge in [-0.1, -0.05) is 0 Å². The van der Waals surface area contributed by atoms with Crippen molar-refractivity contribution in [2.45, 2.75) is 5.16 Å². The minimum absolute atomic E-state index is 0.0768. The van der Waals surface area contributed by atoms with Gasteiger partial charge in [0.1, 0.15) is 5.52 Å². The average molecular weight is 229 g/mol. The number of nitrogens with zero attached hydrogens (tertiary/aromatic N) is 2. The van der Waals surface area contributed by atoms with Crippen LogP contribution in [0.2, 0.25) is 0 Å². The predicted octanol–water partition coefficient (Wildman–Crippen LogP) is -1.37. The second-order valence-electron chi connectivity index (χ2n) is 2.97. The summed E-state index contributed by atoms with van der Waals surface area (Å²) in [6, 6.07) is 0. The summed E-state index contributed by atoms with van der Waals surface area (Å²) >= 11 is 0. The van der Waals surface area contributed by atoms with Crippen LogP contribution in [0.5, 0.6) is 0 Å². The molecule has 0 saturated heterocycles. The van der Waals surface area contributed by atoms with Crippen LogP contribution in [-0.2, 0) is 9.84 Å². The highest BCUT2D eigenvalue weighted by molar-refractivity contribution is 7.90. The number of fused-ring (bicyclic) bond motifs is 1. The molecule has 0 fully saturated rings. The Morgan fingerprint density at radius 1 is 1.27 bits per heavy atom. The van der Waals surface area contributed by atoms with Crippen molar-refractivity contribution in [3.63, 3.8) is 0 Å². The molecule has 15 heavy (non-hydrogen) atoms. The lowest BCUT2D eigenvalue weighted by Gasteiger charge is -1.98. The fourth-order valence-corrected chi connectivity index (χ4v) is 1.61. The van der Waals surface area contributed by atoms with E-state index in [1.807, 2.05) is 0 Å². The van der Waals surface area contributed by atoms with Gasteiger partial charge >= 0.3 is 5.69 Å².